The Morgan fingerprint density at radius 3 is 1.67 bits per heavy atom. The van der Waals surface area contributed by atoms with Crippen molar-refractivity contribution in [2.24, 2.45) is 0 Å². The second-order valence-corrected chi connectivity index (χ2v) is 5.94. The van der Waals surface area contributed by atoms with Crippen LogP contribution in [0.5, 0.6) is 0 Å². The summed E-state index contributed by atoms with van der Waals surface area (Å²) >= 11 is 0. The average molecular weight is 361 g/mol. The maximum atomic E-state index is 12.7. The number of nitrogens with zero attached hydrogens (tertiary/aromatic N) is 2. The SMILES string of the molecule is O=C(NN(C1C=CC=CC=C1)C1C=CC=CC=C1)c1ccc([N+](=O)[O-])cc1. The summed E-state index contributed by atoms with van der Waals surface area (Å²) in [5.41, 5.74) is 3.24. The minimum absolute atomic E-state index is 0.0511. The predicted octanol–water partition coefficient (Wildman–Crippen LogP) is 3.64. The number of rotatable bonds is 5. The Labute approximate surface area is 157 Å². The number of carbonyl (C=O) groups excluding carboxylic acids is 1. The molecule has 1 N–H and O–H groups in total. The number of amides is 1. The molecule has 0 atom stereocenters. The van der Waals surface area contributed by atoms with E-state index in [4.69, 9.17) is 0 Å². The van der Waals surface area contributed by atoms with Gasteiger partial charge in [0.05, 0.1) is 17.0 Å². The van der Waals surface area contributed by atoms with Gasteiger partial charge in [0.25, 0.3) is 11.6 Å². The summed E-state index contributed by atoms with van der Waals surface area (Å²) in [6.45, 7) is 0. The van der Waals surface area contributed by atoms with E-state index in [0.29, 0.717) is 5.56 Å². The molecule has 27 heavy (non-hydrogen) atoms. The largest absolute Gasteiger partial charge is 0.283 e. The standard InChI is InChI=1S/C21H19N3O3/c25-21(17-13-15-20(16-14-17)24(26)27)22-23(18-9-5-1-2-6-10-18)19-11-7-3-4-8-12-19/h1-16,18-19H,(H,22,25). The van der Waals surface area contributed by atoms with Crippen molar-refractivity contribution < 1.29 is 9.72 Å². The van der Waals surface area contributed by atoms with Gasteiger partial charge in [-0.25, -0.2) is 0 Å². The first kappa shape index (κ1) is 18.3. The summed E-state index contributed by atoms with van der Waals surface area (Å²) < 4.78 is 0. The summed E-state index contributed by atoms with van der Waals surface area (Å²) in [4.78, 5) is 23.0. The van der Waals surface area contributed by atoms with Gasteiger partial charge in [-0.3, -0.25) is 20.3 Å². The lowest BCUT2D eigenvalue weighted by Gasteiger charge is -2.32. The summed E-state index contributed by atoms with van der Waals surface area (Å²) in [6, 6.07) is 5.24. The predicted molar refractivity (Wildman–Crippen MR) is 105 cm³/mol. The highest BCUT2D eigenvalue weighted by molar-refractivity contribution is 5.94. The van der Waals surface area contributed by atoms with E-state index in [1.165, 1.54) is 24.3 Å². The van der Waals surface area contributed by atoms with E-state index in [0.717, 1.165) is 0 Å². The Hall–Kier alpha value is -3.51. The van der Waals surface area contributed by atoms with Gasteiger partial charge in [0.15, 0.2) is 0 Å². The molecule has 1 aromatic carbocycles. The molecule has 6 nitrogen and oxygen atoms in total. The molecule has 2 aliphatic rings. The van der Waals surface area contributed by atoms with Gasteiger partial charge >= 0.3 is 0 Å². The second kappa shape index (κ2) is 8.73. The van der Waals surface area contributed by atoms with E-state index < -0.39 is 4.92 Å². The van der Waals surface area contributed by atoms with E-state index in [1.54, 1.807) is 0 Å². The Kier molecular flexibility index (Phi) is 5.91. The summed E-state index contributed by atoms with van der Waals surface area (Å²) in [5.74, 6) is -0.331. The van der Waals surface area contributed by atoms with Crippen molar-refractivity contribution in [2.45, 2.75) is 12.1 Å². The molecule has 2 aliphatic carbocycles. The van der Waals surface area contributed by atoms with Crippen LogP contribution in [0.25, 0.3) is 0 Å². The minimum Gasteiger partial charge on any atom is -0.283 e. The van der Waals surface area contributed by atoms with Crippen molar-refractivity contribution in [1.82, 2.24) is 10.4 Å². The monoisotopic (exact) mass is 361 g/mol. The van der Waals surface area contributed by atoms with Crippen molar-refractivity contribution in [2.75, 3.05) is 0 Å². The fraction of sp³-hybridized carbons (Fsp3) is 0.0952. The topological polar surface area (TPSA) is 75.5 Å². The third-order valence-corrected chi connectivity index (χ3v) is 4.11. The fourth-order valence-corrected chi connectivity index (χ4v) is 2.73. The van der Waals surface area contributed by atoms with Gasteiger partial charge in [0.1, 0.15) is 0 Å². The number of carbonyl (C=O) groups is 1. The molecule has 6 heteroatoms. The van der Waals surface area contributed by atoms with E-state index in [1.807, 2.05) is 77.9 Å². The maximum Gasteiger partial charge on any atom is 0.269 e. The number of benzene rings is 1. The van der Waals surface area contributed by atoms with E-state index in [2.05, 4.69) is 5.43 Å². The molecule has 0 aromatic heterocycles. The third kappa shape index (κ3) is 4.77. The van der Waals surface area contributed by atoms with Crippen LogP contribution in [0.15, 0.2) is 97.2 Å². The first-order valence-electron chi connectivity index (χ1n) is 8.52. The van der Waals surface area contributed by atoms with E-state index >= 15 is 0 Å². The molecule has 0 bridgehead atoms. The Morgan fingerprint density at radius 2 is 1.26 bits per heavy atom. The zero-order valence-electron chi connectivity index (χ0n) is 14.5. The Balaban J connectivity index is 1.84. The van der Waals surface area contributed by atoms with Crippen LogP contribution < -0.4 is 5.43 Å². The lowest BCUT2D eigenvalue weighted by atomic mass is 10.1. The number of nitrogens with one attached hydrogen (secondary N) is 1. The van der Waals surface area contributed by atoms with Crippen molar-refractivity contribution in [3.63, 3.8) is 0 Å². The fourth-order valence-electron chi connectivity index (χ4n) is 2.73. The van der Waals surface area contributed by atoms with Gasteiger partial charge in [-0.05, 0) is 12.1 Å². The highest BCUT2D eigenvalue weighted by Crippen LogP contribution is 2.15. The minimum atomic E-state index is -0.490. The number of hydrogen-bond donors (Lipinski definition) is 1. The average Bonchev–Trinajstić information content (AvgIpc) is 3.11. The van der Waals surface area contributed by atoms with Crippen LogP contribution in [0.4, 0.5) is 5.69 Å². The highest BCUT2D eigenvalue weighted by atomic mass is 16.6. The normalized spacial score (nSPS) is 16.5. The molecule has 1 amide bonds. The lowest BCUT2D eigenvalue weighted by Crippen LogP contribution is -2.51. The van der Waals surface area contributed by atoms with Gasteiger partial charge < -0.3 is 0 Å². The van der Waals surface area contributed by atoms with Crippen LogP contribution >= 0.6 is 0 Å². The summed E-state index contributed by atoms with van der Waals surface area (Å²) in [6.07, 6.45) is 23.3. The van der Waals surface area contributed by atoms with Crippen molar-refractivity contribution in [3.05, 3.63) is 113 Å². The molecule has 0 saturated carbocycles. The van der Waals surface area contributed by atoms with Crippen molar-refractivity contribution >= 4 is 11.6 Å². The van der Waals surface area contributed by atoms with Crippen LogP contribution in [0.1, 0.15) is 10.4 Å². The second-order valence-electron chi connectivity index (χ2n) is 5.94. The number of hydrazine groups is 1. The molecule has 0 spiro atoms. The molecule has 0 unspecified atom stereocenters. The maximum absolute atomic E-state index is 12.7. The van der Waals surface area contributed by atoms with Gasteiger partial charge in [-0.15, -0.1) is 0 Å². The number of allylic oxidation sites excluding steroid dienone is 8. The quantitative estimate of drug-likeness (QED) is 0.642. The summed E-state index contributed by atoms with van der Waals surface area (Å²) in [7, 11) is 0. The number of nitro benzene ring substituents is 1. The first-order chi connectivity index (χ1) is 13.1. The molecule has 0 aliphatic heterocycles. The molecule has 0 radical (unpaired) electrons. The van der Waals surface area contributed by atoms with Crippen LogP contribution in [0, 0.1) is 10.1 Å². The van der Waals surface area contributed by atoms with E-state index in [9.17, 15) is 14.9 Å². The van der Waals surface area contributed by atoms with Gasteiger partial charge in [0, 0.05) is 17.7 Å². The van der Waals surface area contributed by atoms with Crippen LogP contribution in [0.2, 0.25) is 0 Å². The summed E-state index contributed by atoms with van der Waals surface area (Å²) in [5, 5.41) is 12.6. The lowest BCUT2D eigenvalue weighted by molar-refractivity contribution is -0.384. The van der Waals surface area contributed by atoms with Crippen LogP contribution in [-0.2, 0) is 0 Å². The first-order valence-corrected chi connectivity index (χ1v) is 8.52. The van der Waals surface area contributed by atoms with Crippen molar-refractivity contribution in [1.29, 1.82) is 0 Å². The molecule has 0 heterocycles. The molecule has 0 fully saturated rings. The highest BCUT2D eigenvalue weighted by Gasteiger charge is 2.23. The molecule has 3 rings (SSSR count). The number of nitro groups is 1. The molecule has 0 saturated heterocycles. The molecule has 1 aromatic rings. The van der Waals surface area contributed by atoms with Gasteiger partial charge in [-0.2, -0.15) is 5.01 Å². The third-order valence-electron chi connectivity index (χ3n) is 4.11. The number of hydrogen-bond acceptors (Lipinski definition) is 4. The molecular formula is C21H19N3O3. The van der Waals surface area contributed by atoms with Gasteiger partial charge in [0.2, 0.25) is 0 Å². The Bertz CT molecular complexity index is 806. The van der Waals surface area contributed by atoms with Crippen LogP contribution in [-0.4, -0.2) is 27.9 Å². The van der Waals surface area contributed by atoms with Gasteiger partial charge in [-0.1, -0.05) is 72.9 Å². The van der Waals surface area contributed by atoms with Crippen LogP contribution in [0.3, 0.4) is 0 Å². The molecule has 136 valence electrons. The Morgan fingerprint density at radius 1 is 0.815 bits per heavy atom. The van der Waals surface area contributed by atoms with E-state index in [-0.39, 0.29) is 23.7 Å². The zero-order chi connectivity index (χ0) is 19.1. The smallest absolute Gasteiger partial charge is 0.269 e. The zero-order valence-corrected chi connectivity index (χ0v) is 14.5. The number of non-ortho nitro benzene ring substituents is 1. The van der Waals surface area contributed by atoms with Crippen molar-refractivity contribution in [3.8, 4) is 0 Å². The molecular weight excluding hydrogens is 342 g/mol.